The van der Waals surface area contributed by atoms with E-state index in [1.54, 1.807) is 4.68 Å². The van der Waals surface area contributed by atoms with Crippen molar-refractivity contribution < 1.29 is 18.0 Å². The van der Waals surface area contributed by atoms with Crippen LogP contribution in [0.15, 0.2) is 23.4 Å². The Hall–Kier alpha value is -1.81. The van der Waals surface area contributed by atoms with E-state index in [0.29, 0.717) is 17.6 Å². The van der Waals surface area contributed by atoms with E-state index in [0.717, 1.165) is 30.0 Å². The Balaban J connectivity index is 2.00. The van der Waals surface area contributed by atoms with Crippen LogP contribution < -0.4 is 5.32 Å². The third-order valence-electron chi connectivity index (χ3n) is 2.94. The van der Waals surface area contributed by atoms with Gasteiger partial charge in [-0.05, 0) is 34.5 Å². The number of nitrogens with one attached hydrogen (secondary N) is 1. The number of alkyl halides is 3. The Kier molecular flexibility index (Phi) is 6.28. The van der Waals surface area contributed by atoms with Gasteiger partial charge in [0.15, 0.2) is 0 Å². The van der Waals surface area contributed by atoms with Gasteiger partial charge in [0, 0.05) is 6.54 Å². The summed E-state index contributed by atoms with van der Waals surface area (Å²) < 4.78 is 39.8. The van der Waals surface area contributed by atoms with Crippen LogP contribution in [0.25, 0.3) is 0 Å². The molecule has 1 heterocycles. The Morgan fingerprint density at radius 1 is 1.40 bits per heavy atom. The standard InChI is InChI=1S/C14H15ClF3N5OS/c1-8(2)6-23-13(20-21-22-23)25-7-12(24)19-11-5-9(14(16,17)18)3-4-10(11)15/h3-5,8H,6-7H2,1-2H3,(H,19,24). The van der Waals surface area contributed by atoms with Crippen LogP contribution in [0.4, 0.5) is 18.9 Å². The molecule has 0 unspecified atom stereocenters. The average Bonchev–Trinajstić information content (AvgIpc) is 2.92. The first kappa shape index (κ1) is 19.5. The molecular weight excluding hydrogens is 379 g/mol. The lowest BCUT2D eigenvalue weighted by molar-refractivity contribution is -0.137. The molecule has 11 heteroatoms. The number of benzene rings is 1. The molecule has 2 rings (SSSR count). The van der Waals surface area contributed by atoms with E-state index in [4.69, 9.17) is 11.6 Å². The van der Waals surface area contributed by atoms with Crippen molar-refractivity contribution in [2.45, 2.75) is 31.7 Å². The number of rotatable bonds is 6. The second kappa shape index (κ2) is 8.05. The van der Waals surface area contributed by atoms with Crippen LogP contribution in [-0.4, -0.2) is 31.9 Å². The summed E-state index contributed by atoms with van der Waals surface area (Å²) in [6.07, 6.45) is -4.52. The van der Waals surface area contributed by atoms with E-state index in [1.807, 2.05) is 13.8 Å². The minimum absolute atomic E-state index is 0.0241. The quantitative estimate of drug-likeness (QED) is 0.757. The highest BCUT2D eigenvalue weighted by molar-refractivity contribution is 7.99. The number of hydrogen-bond donors (Lipinski definition) is 1. The van der Waals surface area contributed by atoms with E-state index < -0.39 is 17.6 Å². The summed E-state index contributed by atoms with van der Waals surface area (Å²) in [5.74, 6) is -0.253. The topological polar surface area (TPSA) is 72.7 Å². The molecule has 0 radical (unpaired) electrons. The zero-order valence-electron chi connectivity index (χ0n) is 13.3. The molecule has 1 N–H and O–H groups in total. The number of thioether (sulfide) groups is 1. The SMILES string of the molecule is CC(C)Cn1nnnc1SCC(=O)Nc1cc(C(F)(F)F)ccc1Cl. The van der Waals surface area contributed by atoms with Gasteiger partial charge in [0.1, 0.15) is 0 Å². The van der Waals surface area contributed by atoms with Crippen LogP contribution in [0.3, 0.4) is 0 Å². The first-order valence-electron chi connectivity index (χ1n) is 7.22. The normalized spacial score (nSPS) is 11.8. The summed E-state index contributed by atoms with van der Waals surface area (Å²) in [6, 6.07) is 2.75. The number of amides is 1. The molecule has 0 saturated carbocycles. The largest absolute Gasteiger partial charge is 0.416 e. The van der Waals surface area contributed by atoms with E-state index in [1.165, 1.54) is 0 Å². The molecule has 0 spiro atoms. The van der Waals surface area contributed by atoms with Gasteiger partial charge in [-0.1, -0.05) is 37.2 Å². The van der Waals surface area contributed by atoms with Crippen LogP contribution in [0.5, 0.6) is 0 Å². The molecule has 6 nitrogen and oxygen atoms in total. The molecule has 0 saturated heterocycles. The summed E-state index contributed by atoms with van der Waals surface area (Å²) in [5, 5.41) is 14.1. The molecule has 136 valence electrons. The number of halogens is 4. The van der Waals surface area contributed by atoms with Gasteiger partial charge in [0.2, 0.25) is 11.1 Å². The van der Waals surface area contributed by atoms with Crippen LogP contribution in [-0.2, 0) is 17.5 Å². The Bertz CT molecular complexity index is 750. The minimum Gasteiger partial charge on any atom is -0.324 e. The first-order valence-corrected chi connectivity index (χ1v) is 8.58. The number of aromatic nitrogens is 4. The van der Waals surface area contributed by atoms with Crippen molar-refractivity contribution in [3.63, 3.8) is 0 Å². The van der Waals surface area contributed by atoms with E-state index in [9.17, 15) is 18.0 Å². The third kappa shape index (κ3) is 5.60. The molecule has 0 atom stereocenters. The summed E-state index contributed by atoms with van der Waals surface area (Å²) in [7, 11) is 0. The minimum atomic E-state index is -4.52. The summed E-state index contributed by atoms with van der Waals surface area (Å²) in [5.41, 5.74) is -0.982. The lowest BCUT2D eigenvalue weighted by Crippen LogP contribution is -2.16. The molecule has 1 aromatic heterocycles. The Morgan fingerprint density at radius 2 is 2.12 bits per heavy atom. The molecule has 1 aromatic carbocycles. The maximum absolute atomic E-state index is 12.7. The van der Waals surface area contributed by atoms with Gasteiger partial charge in [0.05, 0.1) is 22.0 Å². The second-order valence-corrected chi connectivity index (χ2v) is 6.92. The molecule has 1 amide bonds. The van der Waals surface area contributed by atoms with Crippen molar-refractivity contribution in [3.8, 4) is 0 Å². The molecule has 2 aromatic rings. The molecule has 0 aliphatic rings. The average molecular weight is 394 g/mol. The van der Waals surface area contributed by atoms with Crippen molar-refractivity contribution in [3.05, 3.63) is 28.8 Å². The first-order chi connectivity index (χ1) is 11.7. The van der Waals surface area contributed by atoms with Gasteiger partial charge in [-0.15, -0.1) is 5.10 Å². The fourth-order valence-electron chi connectivity index (χ4n) is 1.87. The number of hydrogen-bond acceptors (Lipinski definition) is 5. The highest BCUT2D eigenvalue weighted by atomic mass is 35.5. The zero-order valence-corrected chi connectivity index (χ0v) is 14.9. The van der Waals surface area contributed by atoms with Crippen molar-refractivity contribution >= 4 is 35.0 Å². The zero-order chi connectivity index (χ0) is 18.6. The van der Waals surface area contributed by atoms with Gasteiger partial charge >= 0.3 is 6.18 Å². The maximum Gasteiger partial charge on any atom is 0.416 e. The number of tetrazole rings is 1. The van der Waals surface area contributed by atoms with Gasteiger partial charge in [0.25, 0.3) is 0 Å². The molecule has 0 bridgehead atoms. The highest BCUT2D eigenvalue weighted by Crippen LogP contribution is 2.33. The number of carbonyl (C=O) groups excluding carboxylic acids is 1. The monoisotopic (exact) mass is 393 g/mol. The van der Waals surface area contributed by atoms with E-state index in [-0.39, 0.29) is 16.5 Å². The van der Waals surface area contributed by atoms with E-state index in [2.05, 4.69) is 20.8 Å². The lowest BCUT2D eigenvalue weighted by Gasteiger charge is -2.11. The van der Waals surface area contributed by atoms with Crippen molar-refractivity contribution in [2.75, 3.05) is 11.1 Å². The van der Waals surface area contributed by atoms with Gasteiger partial charge in [-0.3, -0.25) is 4.79 Å². The predicted octanol–water partition coefficient (Wildman–Crippen LogP) is 3.73. The maximum atomic E-state index is 12.7. The van der Waals surface area contributed by atoms with Gasteiger partial charge < -0.3 is 5.32 Å². The summed E-state index contributed by atoms with van der Waals surface area (Å²) in [4.78, 5) is 12.0. The smallest absolute Gasteiger partial charge is 0.324 e. The Morgan fingerprint density at radius 3 is 2.76 bits per heavy atom. The van der Waals surface area contributed by atoms with Gasteiger partial charge in [-0.2, -0.15) is 13.2 Å². The van der Waals surface area contributed by atoms with Crippen LogP contribution >= 0.6 is 23.4 Å². The molecule has 0 fully saturated rings. The predicted molar refractivity (Wildman–Crippen MR) is 88.5 cm³/mol. The van der Waals surface area contributed by atoms with Crippen LogP contribution in [0, 0.1) is 5.92 Å². The second-order valence-electron chi connectivity index (χ2n) is 5.57. The molecule has 25 heavy (non-hydrogen) atoms. The summed E-state index contributed by atoms with van der Waals surface area (Å²) >= 11 is 6.94. The van der Waals surface area contributed by atoms with Crippen LogP contribution in [0.2, 0.25) is 5.02 Å². The highest BCUT2D eigenvalue weighted by Gasteiger charge is 2.31. The van der Waals surface area contributed by atoms with E-state index >= 15 is 0 Å². The number of anilines is 1. The Labute approximate surface area is 151 Å². The number of carbonyl (C=O) groups is 1. The molecule has 0 aliphatic heterocycles. The molecular formula is C14H15ClF3N5OS. The van der Waals surface area contributed by atoms with Crippen molar-refractivity contribution in [1.82, 2.24) is 20.2 Å². The fraction of sp³-hybridized carbons (Fsp3) is 0.429. The fourth-order valence-corrected chi connectivity index (χ4v) is 2.73. The van der Waals surface area contributed by atoms with Crippen molar-refractivity contribution in [1.29, 1.82) is 0 Å². The van der Waals surface area contributed by atoms with Crippen molar-refractivity contribution in [2.24, 2.45) is 5.92 Å². The molecule has 0 aliphatic carbocycles. The van der Waals surface area contributed by atoms with Crippen LogP contribution in [0.1, 0.15) is 19.4 Å². The lowest BCUT2D eigenvalue weighted by atomic mass is 10.2. The van der Waals surface area contributed by atoms with Gasteiger partial charge in [-0.25, -0.2) is 4.68 Å². The third-order valence-corrected chi connectivity index (χ3v) is 4.22. The summed E-state index contributed by atoms with van der Waals surface area (Å²) in [6.45, 7) is 4.59. The number of nitrogens with zero attached hydrogens (tertiary/aromatic N) is 4.